The molecule has 2 aromatic heterocycles. The molecule has 5 aromatic rings. The number of pyridine rings is 1. The van der Waals surface area contributed by atoms with E-state index >= 15 is 0 Å². The molecule has 0 aliphatic carbocycles. The van der Waals surface area contributed by atoms with E-state index in [0.29, 0.717) is 28.1 Å². The summed E-state index contributed by atoms with van der Waals surface area (Å²) in [5.41, 5.74) is 4.11. The number of hydrogen-bond acceptors (Lipinski definition) is 8. The summed E-state index contributed by atoms with van der Waals surface area (Å²) in [4.78, 5) is 39.5. The number of methoxy groups -OCH3 is 2. The lowest BCUT2D eigenvalue weighted by Crippen LogP contribution is -2.26. The van der Waals surface area contributed by atoms with Gasteiger partial charge in [0.2, 0.25) is 0 Å². The number of aryl methyl sites for hydroxylation is 1. The van der Waals surface area contributed by atoms with Gasteiger partial charge < -0.3 is 30.0 Å². The third-order valence-corrected chi connectivity index (χ3v) is 8.02. The highest BCUT2D eigenvalue weighted by Crippen LogP contribution is 2.33. The standard InChI is InChI=1S/C35H38N6O4.C4H8O3.C3H5Cl.2CH4/c1-22-11-13-25(14-12-22)41-32(20-30(40-41)35(3,4)5)39-34(43)37-28-15-16-29(27-10-8-7-9-26(27)28)45-21-24-17-18-36-31(19-24)38-33(42)23(2)44-6;1-3(7-2)4(5)6;1-3(2)4;;/h7-20,23H,21H2,1-6H3,(H,36,38,42)(H2,37,39,43);3H,1-2H3,(H,5,6);1H2,2H3;2*1H4/t23-;3-;;;/m00.../s1. The number of urea groups is 1. The molecule has 3 amide bonds. The third-order valence-electron chi connectivity index (χ3n) is 8.02. The van der Waals surface area contributed by atoms with E-state index in [1.807, 2.05) is 79.7 Å². The molecule has 0 bridgehead atoms. The predicted molar refractivity (Wildman–Crippen MR) is 235 cm³/mol. The number of fused-ring (bicyclic) bond motifs is 1. The van der Waals surface area contributed by atoms with E-state index in [-0.39, 0.29) is 32.8 Å². The molecule has 0 unspecified atom stereocenters. The first-order valence-electron chi connectivity index (χ1n) is 17.7. The molecule has 0 spiro atoms. The van der Waals surface area contributed by atoms with Crippen molar-refractivity contribution in [3.05, 3.63) is 113 Å². The molecule has 0 fully saturated rings. The Kier molecular flexibility index (Phi) is 20.3. The fourth-order valence-corrected chi connectivity index (χ4v) is 4.72. The highest BCUT2D eigenvalue weighted by Gasteiger charge is 2.22. The van der Waals surface area contributed by atoms with Gasteiger partial charge in [0, 0.05) is 47.7 Å². The molecule has 5 rings (SSSR count). The Morgan fingerprint density at radius 3 is 2.03 bits per heavy atom. The Balaban J connectivity index is 0.00000114. The summed E-state index contributed by atoms with van der Waals surface area (Å²) < 4.78 is 17.4. The lowest BCUT2D eigenvalue weighted by atomic mass is 9.92. The van der Waals surface area contributed by atoms with Gasteiger partial charge in [0.1, 0.15) is 30.1 Å². The van der Waals surface area contributed by atoms with Crippen molar-refractivity contribution in [3.8, 4) is 11.4 Å². The van der Waals surface area contributed by atoms with E-state index in [0.717, 1.165) is 33.3 Å². The van der Waals surface area contributed by atoms with Crippen LogP contribution in [0.1, 0.15) is 73.2 Å². The topological polar surface area (TPSA) is 166 Å². The van der Waals surface area contributed by atoms with Crippen LogP contribution in [0.25, 0.3) is 16.5 Å². The number of nitrogens with one attached hydrogen (secondary N) is 3. The summed E-state index contributed by atoms with van der Waals surface area (Å²) in [6.07, 6.45) is 0.341. The Labute approximate surface area is 347 Å². The Morgan fingerprint density at radius 2 is 1.48 bits per heavy atom. The summed E-state index contributed by atoms with van der Waals surface area (Å²) in [6.45, 7) is 16.7. The van der Waals surface area contributed by atoms with Gasteiger partial charge >= 0.3 is 12.0 Å². The number of halogens is 1. The van der Waals surface area contributed by atoms with Crippen molar-refractivity contribution in [2.45, 2.75) is 87.5 Å². The summed E-state index contributed by atoms with van der Waals surface area (Å²) in [7, 11) is 2.84. The predicted octanol–water partition coefficient (Wildman–Crippen LogP) is 10.4. The van der Waals surface area contributed by atoms with Crippen LogP contribution in [0.4, 0.5) is 22.1 Å². The Morgan fingerprint density at radius 1 is 0.879 bits per heavy atom. The second-order valence-electron chi connectivity index (χ2n) is 13.7. The molecule has 14 heteroatoms. The van der Waals surface area contributed by atoms with Crippen LogP contribution in [0.15, 0.2) is 96.7 Å². The van der Waals surface area contributed by atoms with E-state index in [1.54, 1.807) is 30.8 Å². The number of nitrogens with zero attached hydrogens (tertiary/aromatic N) is 3. The van der Waals surface area contributed by atoms with Crippen molar-refractivity contribution in [1.29, 1.82) is 0 Å². The van der Waals surface area contributed by atoms with Crippen molar-refractivity contribution in [2.24, 2.45) is 0 Å². The Bertz CT molecular complexity index is 2110. The number of carboxylic acids is 1. The average Bonchev–Trinajstić information content (AvgIpc) is 3.58. The maximum atomic E-state index is 13.3. The first-order valence-corrected chi connectivity index (χ1v) is 18.1. The van der Waals surface area contributed by atoms with E-state index in [1.165, 1.54) is 21.1 Å². The highest BCUT2D eigenvalue weighted by atomic mass is 35.5. The number of carbonyl (C=O) groups excluding carboxylic acids is 2. The molecule has 0 radical (unpaired) electrons. The van der Waals surface area contributed by atoms with Gasteiger partial charge in [-0.15, -0.1) is 0 Å². The van der Waals surface area contributed by atoms with E-state index in [4.69, 9.17) is 31.3 Å². The number of ether oxygens (including phenoxy) is 3. The number of allylic oxidation sites excluding steroid dienone is 1. The molecule has 0 saturated heterocycles. The van der Waals surface area contributed by atoms with E-state index in [2.05, 4.69) is 53.0 Å². The van der Waals surface area contributed by atoms with Gasteiger partial charge in [-0.25, -0.2) is 19.3 Å². The first-order chi connectivity index (χ1) is 26.4. The fraction of sp³-hybridized carbons (Fsp3) is 0.341. The smallest absolute Gasteiger partial charge is 0.332 e. The number of amides is 3. The van der Waals surface area contributed by atoms with Gasteiger partial charge in [-0.1, -0.05) is 95.8 Å². The van der Waals surface area contributed by atoms with Crippen molar-refractivity contribution in [2.75, 3.05) is 30.2 Å². The number of anilines is 3. The molecule has 3 aromatic carbocycles. The molecule has 13 nitrogen and oxygen atoms in total. The molecule has 4 N–H and O–H groups in total. The number of carboxylic acid groups (broad SMARTS) is 1. The number of aromatic nitrogens is 3. The summed E-state index contributed by atoms with van der Waals surface area (Å²) in [6, 6.07) is 24.5. The van der Waals surface area contributed by atoms with Gasteiger partial charge in [0.25, 0.3) is 5.91 Å². The van der Waals surface area contributed by atoms with Crippen molar-refractivity contribution >= 4 is 57.6 Å². The van der Waals surface area contributed by atoms with Gasteiger partial charge in [0.15, 0.2) is 6.10 Å². The van der Waals surface area contributed by atoms with Crippen LogP contribution in [0.2, 0.25) is 0 Å². The van der Waals surface area contributed by atoms with Crippen molar-refractivity contribution in [1.82, 2.24) is 14.8 Å². The van der Waals surface area contributed by atoms with Gasteiger partial charge in [-0.05, 0) is 69.7 Å². The molecule has 314 valence electrons. The molecule has 2 heterocycles. The van der Waals surface area contributed by atoms with Gasteiger partial charge in [-0.2, -0.15) is 5.10 Å². The lowest BCUT2D eigenvalue weighted by Gasteiger charge is -2.15. The molecule has 0 aliphatic heterocycles. The number of rotatable bonds is 11. The zero-order valence-electron chi connectivity index (χ0n) is 33.3. The van der Waals surface area contributed by atoms with E-state index in [9.17, 15) is 14.4 Å². The van der Waals surface area contributed by atoms with Crippen LogP contribution in [-0.4, -0.2) is 64.2 Å². The number of carbonyl (C=O) groups is 3. The molecule has 0 saturated carbocycles. The van der Waals surface area contributed by atoms with E-state index < -0.39 is 24.2 Å². The van der Waals surface area contributed by atoms with Crippen LogP contribution in [0.5, 0.6) is 5.75 Å². The Hall–Kier alpha value is -5.76. The molecular weight excluding hydrogens is 760 g/mol. The molecule has 2 atom stereocenters. The molecule has 58 heavy (non-hydrogen) atoms. The highest BCUT2D eigenvalue weighted by molar-refractivity contribution is 6.28. The second-order valence-corrected chi connectivity index (χ2v) is 14.4. The largest absolute Gasteiger partial charge is 0.488 e. The van der Waals surface area contributed by atoms with Crippen molar-refractivity contribution in [3.63, 3.8) is 0 Å². The molecular formula is C44H59ClN6O7. The zero-order valence-corrected chi connectivity index (χ0v) is 34.0. The maximum Gasteiger partial charge on any atom is 0.332 e. The number of benzene rings is 3. The normalized spacial score (nSPS) is 11.4. The maximum absolute atomic E-state index is 13.3. The quantitative estimate of drug-likeness (QED) is 0.101. The second kappa shape index (κ2) is 23.5. The minimum atomic E-state index is -0.928. The van der Waals surface area contributed by atoms with Gasteiger partial charge in [0.05, 0.1) is 17.1 Å². The van der Waals surface area contributed by atoms with Crippen molar-refractivity contribution < 1.29 is 33.7 Å². The number of hydrogen-bond donors (Lipinski definition) is 4. The SMILES string of the molecule is C.C.C=C(C)Cl.CO[C@@H](C)C(=O)Nc1cc(COc2ccc(NC(=O)Nc3cc(C(C)(C)C)nn3-c3ccc(C)cc3)c3ccccc23)ccn1.CO[C@@H](C)C(=O)O. The monoisotopic (exact) mass is 818 g/mol. The summed E-state index contributed by atoms with van der Waals surface area (Å²) in [5, 5.41) is 23.9. The first kappa shape index (κ1) is 50.3. The number of aliphatic carboxylic acids is 1. The van der Waals surface area contributed by atoms with Crippen LogP contribution in [0, 0.1) is 6.92 Å². The average molecular weight is 819 g/mol. The minimum Gasteiger partial charge on any atom is -0.488 e. The fourth-order valence-electron chi connectivity index (χ4n) is 4.72. The van der Waals surface area contributed by atoms with Crippen LogP contribution in [-0.2, 0) is 31.1 Å². The lowest BCUT2D eigenvalue weighted by molar-refractivity contribution is -0.147. The zero-order chi connectivity index (χ0) is 41.6. The summed E-state index contributed by atoms with van der Waals surface area (Å²) in [5.74, 6) is 0.422. The van der Waals surface area contributed by atoms with Crippen LogP contribution in [0.3, 0.4) is 0 Å². The third kappa shape index (κ3) is 15.3. The minimum absolute atomic E-state index is 0. The molecule has 0 aliphatic rings. The van der Waals surface area contributed by atoms with Gasteiger partial charge in [-0.3, -0.25) is 10.1 Å². The van der Waals surface area contributed by atoms with Crippen LogP contribution >= 0.6 is 11.6 Å². The summed E-state index contributed by atoms with van der Waals surface area (Å²) >= 11 is 5.08. The van der Waals surface area contributed by atoms with Crippen LogP contribution < -0.4 is 20.7 Å².